The van der Waals surface area contributed by atoms with Gasteiger partial charge in [0.05, 0.1) is 5.75 Å². The Morgan fingerprint density at radius 2 is 2.33 bits per heavy atom. The number of aromatic amines is 1. The standard InChI is InChI=1S/C12H13N3O2S/c1-7-5-10(14-13-7)15-11(16)6-18-12(15)9-4-3-8(2)17-9/h3-5,12H,6H2,1-2H3,(H,13,14). The van der Waals surface area contributed by atoms with Crippen LogP contribution in [0.1, 0.15) is 22.6 Å². The monoisotopic (exact) mass is 263 g/mol. The van der Waals surface area contributed by atoms with Crippen molar-refractivity contribution >= 4 is 23.5 Å². The fourth-order valence-electron chi connectivity index (χ4n) is 2.00. The van der Waals surface area contributed by atoms with E-state index in [0.29, 0.717) is 11.6 Å². The summed E-state index contributed by atoms with van der Waals surface area (Å²) in [6.45, 7) is 3.81. The lowest BCUT2D eigenvalue weighted by Gasteiger charge is -2.19. The molecule has 0 radical (unpaired) electrons. The van der Waals surface area contributed by atoms with Gasteiger partial charge in [0.15, 0.2) is 5.82 Å². The van der Waals surface area contributed by atoms with Crippen molar-refractivity contribution in [3.8, 4) is 0 Å². The smallest absolute Gasteiger partial charge is 0.239 e. The molecule has 1 N–H and O–H groups in total. The van der Waals surface area contributed by atoms with Gasteiger partial charge in [-0.15, -0.1) is 11.8 Å². The number of aryl methyl sites for hydroxylation is 2. The number of furan rings is 1. The largest absolute Gasteiger partial charge is 0.463 e. The molecule has 1 unspecified atom stereocenters. The highest BCUT2D eigenvalue weighted by atomic mass is 32.2. The van der Waals surface area contributed by atoms with Crippen LogP contribution in [0.2, 0.25) is 0 Å². The molecule has 1 atom stereocenters. The van der Waals surface area contributed by atoms with Crippen LogP contribution in [0.25, 0.3) is 0 Å². The first-order valence-corrected chi connectivity index (χ1v) is 6.72. The summed E-state index contributed by atoms with van der Waals surface area (Å²) >= 11 is 1.56. The third-order valence-electron chi connectivity index (χ3n) is 2.81. The van der Waals surface area contributed by atoms with E-state index in [0.717, 1.165) is 17.2 Å². The summed E-state index contributed by atoms with van der Waals surface area (Å²) in [5, 5.41) is 6.90. The van der Waals surface area contributed by atoms with E-state index in [2.05, 4.69) is 10.2 Å². The number of H-pyrrole nitrogens is 1. The first-order chi connectivity index (χ1) is 8.65. The lowest BCUT2D eigenvalue weighted by atomic mass is 10.3. The highest BCUT2D eigenvalue weighted by molar-refractivity contribution is 8.00. The van der Waals surface area contributed by atoms with Crippen LogP contribution in [-0.2, 0) is 4.79 Å². The number of anilines is 1. The number of hydrogen-bond acceptors (Lipinski definition) is 4. The first-order valence-electron chi connectivity index (χ1n) is 5.67. The molecule has 3 heterocycles. The molecular weight excluding hydrogens is 250 g/mol. The lowest BCUT2D eigenvalue weighted by molar-refractivity contribution is -0.115. The van der Waals surface area contributed by atoms with Gasteiger partial charge in [0.2, 0.25) is 5.91 Å². The quantitative estimate of drug-likeness (QED) is 0.903. The van der Waals surface area contributed by atoms with Gasteiger partial charge in [-0.2, -0.15) is 5.10 Å². The summed E-state index contributed by atoms with van der Waals surface area (Å²) in [5.74, 6) is 2.82. The summed E-state index contributed by atoms with van der Waals surface area (Å²) in [5.41, 5.74) is 0.934. The van der Waals surface area contributed by atoms with Gasteiger partial charge in [-0.25, -0.2) is 0 Å². The van der Waals surface area contributed by atoms with Crippen LogP contribution in [0.4, 0.5) is 5.82 Å². The normalized spacial score (nSPS) is 19.8. The van der Waals surface area contributed by atoms with Crippen LogP contribution in [0.15, 0.2) is 22.6 Å². The van der Waals surface area contributed by atoms with Crippen molar-refractivity contribution in [1.29, 1.82) is 0 Å². The molecular formula is C12H13N3O2S. The van der Waals surface area contributed by atoms with Gasteiger partial charge in [0, 0.05) is 11.8 Å². The maximum Gasteiger partial charge on any atom is 0.239 e. The van der Waals surface area contributed by atoms with Crippen LogP contribution >= 0.6 is 11.8 Å². The number of nitrogens with one attached hydrogen (secondary N) is 1. The Kier molecular flexibility index (Phi) is 2.66. The molecule has 2 aromatic heterocycles. The molecule has 5 nitrogen and oxygen atoms in total. The molecule has 2 aromatic rings. The summed E-state index contributed by atoms with van der Waals surface area (Å²) in [4.78, 5) is 13.7. The summed E-state index contributed by atoms with van der Waals surface area (Å²) in [7, 11) is 0. The highest BCUT2D eigenvalue weighted by Gasteiger charge is 2.37. The summed E-state index contributed by atoms with van der Waals surface area (Å²) in [6.07, 6.45) is 0. The van der Waals surface area contributed by atoms with Crippen molar-refractivity contribution in [2.45, 2.75) is 19.2 Å². The predicted octanol–water partition coefficient (Wildman–Crippen LogP) is 2.40. The van der Waals surface area contributed by atoms with Crippen LogP contribution in [0.3, 0.4) is 0 Å². The van der Waals surface area contributed by atoms with Crippen molar-refractivity contribution < 1.29 is 9.21 Å². The van der Waals surface area contributed by atoms with E-state index in [1.807, 2.05) is 32.0 Å². The molecule has 1 amide bonds. The average molecular weight is 263 g/mol. The second-order valence-corrected chi connectivity index (χ2v) is 5.35. The third kappa shape index (κ3) is 1.82. The van der Waals surface area contributed by atoms with Gasteiger partial charge in [0.25, 0.3) is 0 Å². The summed E-state index contributed by atoms with van der Waals surface area (Å²) in [6, 6.07) is 5.69. The zero-order valence-corrected chi connectivity index (χ0v) is 11.0. The zero-order chi connectivity index (χ0) is 12.7. The molecule has 3 rings (SSSR count). The van der Waals surface area contributed by atoms with Crippen molar-refractivity contribution in [3.63, 3.8) is 0 Å². The van der Waals surface area contributed by atoms with Gasteiger partial charge in [-0.3, -0.25) is 14.8 Å². The molecule has 0 saturated carbocycles. The minimum absolute atomic E-state index is 0.0607. The van der Waals surface area contributed by atoms with E-state index < -0.39 is 0 Å². The molecule has 1 aliphatic rings. The Bertz CT molecular complexity index is 590. The van der Waals surface area contributed by atoms with E-state index in [1.54, 1.807) is 16.7 Å². The topological polar surface area (TPSA) is 62.1 Å². The molecule has 6 heteroatoms. The second kappa shape index (κ2) is 4.20. The van der Waals surface area contributed by atoms with Gasteiger partial charge in [-0.1, -0.05) is 0 Å². The number of nitrogens with zero attached hydrogens (tertiary/aromatic N) is 2. The van der Waals surface area contributed by atoms with Crippen molar-refractivity contribution in [3.05, 3.63) is 35.4 Å². The highest BCUT2D eigenvalue weighted by Crippen LogP contribution is 2.41. The molecule has 18 heavy (non-hydrogen) atoms. The molecule has 94 valence electrons. The van der Waals surface area contributed by atoms with Crippen LogP contribution in [0.5, 0.6) is 0 Å². The van der Waals surface area contributed by atoms with Gasteiger partial charge in [0.1, 0.15) is 16.9 Å². The minimum atomic E-state index is -0.117. The van der Waals surface area contributed by atoms with Gasteiger partial charge in [-0.05, 0) is 26.0 Å². The van der Waals surface area contributed by atoms with Crippen LogP contribution in [-0.4, -0.2) is 21.9 Å². The molecule has 0 aliphatic carbocycles. The fraction of sp³-hybridized carbons (Fsp3) is 0.333. The number of rotatable bonds is 2. The Balaban J connectivity index is 1.97. The molecule has 0 aromatic carbocycles. The fourth-order valence-corrected chi connectivity index (χ4v) is 3.10. The maximum atomic E-state index is 12.0. The van der Waals surface area contributed by atoms with Gasteiger partial charge >= 0.3 is 0 Å². The number of carbonyl (C=O) groups excluding carboxylic acids is 1. The molecule has 0 bridgehead atoms. The number of hydrogen-bond donors (Lipinski definition) is 1. The van der Waals surface area contributed by atoms with E-state index in [-0.39, 0.29) is 11.3 Å². The van der Waals surface area contributed by atoms with Crippen molar-refractivity contribution in [2.75, 3.05) is 10.7 Å². The Hall–Kier alpha value is -1.69. The molecule has 0 spiro atoms. The molecule has 1 fully saturated rings. The van der Waals surface area contributed by atoms with Crippen molar-refractivity contribution in [1.82, 2.24) is 10.2 Å². The van der Waals surface area contributed by atoms with E-state index in [4.69, 9.17) is 4.42 Å². The Morgan fingerprint density at radius 1 is 1.50 bits per heavy atom. The first kappa shape index (κ1) is 11.4. The number of carbonyl (C=O) groups is 1. The summed E-state index contributed by atoms with van der Waals surface area (Å²) < 4.78 is 5.62. The predicted molar refractivity (Wildman–Crippen MR) is 69.5 cm³/mol. The van der Waals surface area contributed by atoms with Crippen LogP contribution in [0, 0.1) is 13.8 Å². The van der Waals surface area contributed by atoms with E-state index in [9.17, 15) is 4.79 Å². The molecule has 1 saturated heterocycles. The number of amides is 1. The second-order valence-electron chi connectivity index (χ2n) is 4.28. The lowest BCUT2D eigenvalue weighted by Crippen LogP contribution is -2.27. The van der Waals surface area contributed by atoms with Gasteiger partial charge < -0.3 is 4.42 Å². The number of aromatic nitrogens is 2. The zero-order valence-electron chi connectivity index (χ0n) is 10.1. The number of thioether (sulfide) groups is 1. The minimum Gasteiger partial charge on any atom is -0.463 e. The van der Waals surface area contributed by atoms with Crippen LogP contribution < -0.4 is 4.90 Å². The van der Waals surface area contributed by atoms with E-state index >= 15 is 0 Å². The average Bonchev–Trinajstić information content (AvgIpc) is 2.99. The Morgan fingerprint density at radius 3 is 2.94 bits per heavy atom. The van der Waals surface area contributed by atoms with Crippen molar-refractivity contribution in [2.24, 2.45) is 0 Å². The SMILES string of the molecule is Cc1cc(N2C(=O)CSC2c2ccc(C)o2)n[nH]1. The van der Waals surface area contributed by atoms with E-state index in [1.165, 1.54) is 0 Å². The molecule has 1 aliphatic heterocycles. The third-order valence-corrected chi connectivity index (χ3v) is 3.98. The Labute approximate surface area is 109 Å². The maximum absolute atomic E-state index is 12.0.